The first-order valence-electron chi connectivity index (χ1n) is 15.3. The highest BCUT2D eigenvalue weighted by Crippen LogP contribution is 2.56. The Kier molecular flexibility index (Phi) is 6.57. The molecule has 0 atom stereocenters. The second kappa shape index (κ2) is 10.2. The Labute approximate surface area is 268 Å². The van der Waals surface area contributed by atoms with Gasteiger partial charge in [0.05, 0.1) is 28.3 Å². The number of carbonyl (C=O) groups is 2. The molecule has 2 aromatic heterocycles. The maximum Gasteiger partial charge on any atom is 0.197 e. The molecule has 2 aliphatic rings. The van der Waals surface area contributed by atoms with Crippen LogP contribution in [0.3, 0.4) is 0 Å². The van der Waals surface area contributed by atoms with E-state index < -0.39 is 0 Å². The Morgan fingerprint density at radius 1 is 0.756 bits per heavy atom. The van der Waals surface area contributed by atoms with Crippen molar-refractivity contribution in [2.45, 2.75) is 60.8 Å². The minimum Gasteiger partial charge on any atom is -0.298 e. The first-order chi connectivity index (χ1) is 21.4. The van der Waals surface area contributed by atoms with E-state index in [4.69, 9.17) is 9.97 Å². The van der Waals surface area contributed by atoms with E-state index in [1.165, 1.54) is 33.4 Å². The van der Waals surface area contributed by atoms with Crippen molar-refractivity contribution in [2.24, 2.45) is 0 Å². The second-order valence-corrected chi connectivity index (χ2v) is 13.9. The molecule has 7 rings (SSSR count). The summed E-state index contributed by atoms with van der Waals surface area (Å²) in [5.74, 6) is 0.309. The van der Waals surface area contributed by atoms with Crippen molar-refractivity contribution in [2.75, 3.05) is 4.90 Å². The number of hydrogen-bond donors (Lipinski definition) is 0. The quantitative estimate of drug-likeness (QED) is 0.151. The molecule has 0 N–H and O–H groups in total. The molecule has 0 radical (unpaired) electrons. The van der Waals surface area contributed by atoms with Crippen LogP contribution in [0.2, 0.25) is 0 Å². The molecule has 0 saturated heterocycles. The molecule has 6 heteroatoms. The van der Waals surface area contributed by atoms with Crippen molar-refractivity contribution in [3.8, 4) is 11.1 Å². The molecule has 3 aromatic carbocycles. The van der Waals surface area contributed by atoms with Crippen LogP contribution in [0.4, 0.5) is 16.4 Å². The van der Waals surface area contributed by atoms with E-state index in [0.29, 0.717) is 11.1 Å². The van der Waals surface area contributed by atoms with Crippen LogP contribution in [-0.4, -0.2) is 21.5 Å². The standard InChI is InChI=1S/C39H35N3O2S/c1-20-15-21(2)34(22(3)16-20)26-13-14-33-31(17-26)39(7,8)32-19-27(18-30-36(43)28-11-9-10-12-29(28)37(30)44)45-38(32)42(33)35-23(4)40-25(6)41-24(35)5/h9-19H,1-8H3. The lowest BCUT2D eigenvalue weighted by Gasteiger charge is -2.41. The minimum atomic E-state index is -0.364. The molecule has 5 nitrogen and oxygen atoms in total. The highest BCUT2D eigenvalue weighted by atomic mass is 32.1. The van der Waals surface area contributed by atoms with Crippen molar-refractivity contribution in [1.82, 2.24) is 9.97 Å². The number of carbonyl (C=O) groups excluding carboxylic acids is 2. The van der Waals surface area contributed by atoms with Crippen LogP contribution in [-0.2, 0) is 5.41 Å². The largest absolute Gasteiger partial charge is 0.298 e. The Morgan fingerprint density at radius 3 is 1.96 bits per heavy atom. The Bertz CT molecular complexity index is 2070. The van der Waals surface area contributed by atoms with Gasteiger partial charge in [0.2, 0.25) is 0 Å². The van der Waals surface area contributed by atoms with Gasteiger partial charge in [-0.05, 0) is 99.2 Å². The number of allylic oxidation sites excluding steroid dienone is 1. The summed E-state index contributed by atoms with van der Waals surface area (Å²) in [5, 5.41) is 1.05. The van der Waals surface area contributed by atoms with E-state index in [0.717, 1.165) is 44.0 Å². The lowest BCUT2D eigenvalue weighted by atomic mass is 9.74. The fourth-order valence-electron chi connectivity index (χ4n) is 7.33. The molecule has 1 aliphatic carbocycles. The van der Waals surface area contributed by atoms with Crippen LogP contribution in [0, 0.1) is 41.5 Å². The van der Waals surface area contributed by atoms with Crippen LogP contribution < -0.4 is 4.90 Å². The third-order valence-corrected chi connectivity index (χ3v) is 10.3. The fourth-order valence-corrected chi connectivity index (χ4v) is 8.61. The van der Waals surface area contributed by atoms with Crippen LogP contribution in [0.25, 0.3) is 17.2 Å². The first kappa shape index (κ1) is 29.1. The van der Waals surface area contributed by atoms with Gasteiger partial charge in [-0.15, -0.1) is 11.3 Å². The van der Waals surface area contributed by atoms with Crippen molar-refractivity contribution in [1.29, 1.82) is 0 Å². The maximum atomic E-state index is 13.3. The van der Waals surface area contributed by atoms with Crippen molar-refractivity contribution in [3.05, 3.63) is 127 Å². The normalized spacial score (nSPS) is 14.8. The van der Waals surface area contributed by atoms with Gasteiger partial charge >= 0.3 is 0 Å². The van der Waals surface area contributed by atoms with Gasteiger partial charge in [0.25, 0.3) is 0 Å². The smallest absolute Gasteiger partial charge is 0.197 e. The van der Waals surface area contributed by atoms with Gasteiger partial charge in [-0.1, -0.05) is 61.9 Å². The summed E-state index contributed by atoms with van der Waals surface area (Å²) in [5.41, 5.74) is 13.2. The Balaban J connectivity index is 1.46. The molecule has 0 amide bonds. The predicted molar refractivity (Wildman–Crippen MR) is 184 cm³/mol. The molecule has 3 heterocycles. The fraction of sp³-hybridized carbons (Fsp3) is 0.231. The van der Waals surface area contributed by atoms with E-state index in [-0.39, 0.29) is 22.6 Å². The molecule has 224 valence electrons. The van der Waals surface area contributed by atoms with Crippen molar-refractivity contribution >= 4 is 45.4 Å². The minimum absolute atomic E-state index is 0.214. The van der Waals surface area contributed by atoms with Gasteiger partial charge in [0, 0.05) is 21.4 Å². The Morgan fingerprint density at radius 2 is 1.36 bits per heavy atom. The summed E-state index contributed by atoms with van der Waals surface area (Å²) in [6.45, 7) is 17.0. The second-order valence-electron chi connectivity index (χ2n) is 12.9. The maximum absolute atomic E-state index is 13.3. The number of thiophene rings is 1. The molecular weight excluding hydrogens is 575 g/mol. The van der Waals surface area contributed by atoms with E-state index in [1.54, 1.807) is 41.7 Å². The van der Waals surface area contributed by atoms with E-state index in [2.05, 4.69) is 75.9 Å². The number of aromatic nitrogens is 2. The van der Waals surface area contributed by atoms with Gasteiger partial charge in [0.15, 0.2) is 11.6 Å². The van der Waals surface area contributed by atoms with E-state index in [9.17, 15) is 9.59 Å². The lowest BCUT2D eigenvalue weighted by molar-refractivity contribution is 0.0990. The number of ketones is 2. The van der Waals surface area contributed by atoms with Gasteiger partial charge in [-0.25, -0.2) is 9.97 Å². The molecule has 0 unspecified atom stereocenters. The van der Waals surface area contributed by atoms with Crippen molar-refractivity contribution in [3.63, 3.8) is 0 Å². The molecule has 0 saturated carbocycles. The number of rotatable bonds is 3. The topological polar surface area (TPSA) is 63.2 Å². The number of fused-ring (bicyclic) bond motifs is 3. The van der Waals surface area contributed by atoms with Crippen molar-refractivity contribution < 1.29 is 9.59 Å². The number of nitrogens with zero attached hydrogens (tertiary/aromatic N) is 3. The van der Waals surface area contributed by atoms with Gasteiger partial charge < -0.3 is 0 Å². The average molecular weight is 610 g/mol. The highest BCUT2D eigenvalue weighted by Gasteiger charge is 2.41. The summed E-state index contributed by atoms with van der Waals surface area (Å²) in [7, 11) is 0. The third kappa shape index (κ3) is 4.42. The monoisotopic (exact) mass is 609 g/mol. The number of Topliss-reactive ketones (excluding diaryl/α,β-unsaturated/α-hetero) is 2. The highest BCUT2D eigenvalue weighted by molar-refractivity contribution is 7.17. The molecule has 0 bridgehead atoms. The molecular formula is C39H35N3O2S. The lowest BCUT2D eigenvalue weighted by Crippen LogP contribution is -2.30. The third-order valence-electron chi connectivity index (χ3n) is 9.24. The van der Waals surface area contributed by atoms with E-state index in [1.807, 2.05) is 20.8 Å². The first-order valence-corrected chi connectivity index (χ1v) is 16.1. The summed E-state index contributed by atoms with van der Waals surface area (Å²) in [6, 6.07) is 20.5. The molecule has 0 fully saturated rings. The summed E-state index contributed by atoms with van der Waals surface area (Å²) in [6.07, 6.45) is 1.78. The van der Waals surface area contributed by atoms with E-state index >= 15 is 0 Å². The Hall–Kier alpha value is -4.68. The molecule has 0 spiro atoms. The number of anilines is 3. The number of aryl methyl sites for hydroxylation is 6. The van der Waals surface area contributed by atoms with Gasteiger partial charge in [-0.3, -0.25) is 14.5 Å². The molecule has 5 aromatic rings. The van der Waals surface area contributed by atoms with Crippen LogP contribution in [0.5, 0.6) is 0 Å². The summed E-state index contributed by atoms with van der Waals surface area (Å²) in [4.78, 5) is 39.3. The number of benzene rings is 3. The van der Waals surface area contributed by atoms with Gasteiger partial charge in [-0.2, -0.15) is 0 Å². The zero-order valence-electron chi connectivity index (χ0n) is 26.9. The average Bonchev–Trinajstić information content (AvgIpc) is 3.50. The van der Waals surface area contributed by atoms with Crippen LogP contribution >= 0.6 is 11.3 Å². The van der Waals surface area contributed by atoms with Crippen LogP contribution in [0.1, 0.15) is 84.5 Å². The molecule has 1 aliphatic heterocycles. The summed E-state index contributed by atoms with van der Waals surface area (Å²) >= 11 is 1.59. The van der Waals surface area contributed by atoms with Gasteiger partial charge in [0.1, 0.15) is 10.8 Å². The molecule has 45 heavy (non-hydrogen) atoms. The zero-order valence-corrected chi connectivity index (χ0v) is 27.7. The SMILES string of the molecule is Cc1cc(C)c(-c2ccc3c(c2)C(C)(C)c2cc(C=C4C(=O)c5ccccc5C4=O)sc2N3c2c(C)nc(C)nc2C)c(C)c1. The predicted octanol–water partition coefficient (Wildman–Crippen LogP) is 9.63. The van der Waals surface area contributed by atoms with Crippen LogP contribution in [0.15, 0.2) is 66.2 Å². The zero-order chi connectivity index (χ0) is 31.9. The summed E-state index contributed by atoms with van der Waals surface area (Å²) < 4.78 is 0. The number of hydrogen-bond acceptors (Lipinski definition) is 6.